The number of hydrogen-bond donors (Lipinski definition) is 0. The normalized spacial score (nSPS) is 21.3. The summed E-state index contributed by atoms with van der Waals surface area (Å²) in [5.41, 5.74) is 6.53. The Morgan fingerprint density at radius 3 is 1.97 bits per heavy atom. The average Bonchev–Trinajstić information content (AvgIpc) is 2.89. The maximum atomic E-state index is 2.62. The molecule has 0 heterocycles. The van der Waals surface area contributed by atoms with Crippen molar-refractivity contribution in [2.24, 2.45) is 11.8 Å². The van der Waals surface area contributed by atoms with Crippen LogP contribution in [-0.2, 0) is 0 Å². The predicted octanol–water partition coefficient (Wildman–Crippen LogP) is 9.44. The Labute approximate surface area is 193 Å². The third-order valence-electron chi connectivity index (χ3n) is 8.38. The van der Waals surface area contributed by atoms with Crippen molar-refractivity contribution in [1.82, 2.24) is 0 Å². The zero-order valence-corrected chi connectivity index (χ0v) is 19.3. The lowest BCUT2D eigenvalue weighted by molar-refractivity contribution is 0.373. The minimum atomic E-state index is 0.744. The van der Waals surface area contributed by atoms with E-state index in [4.69, 9.17) is 0 Å². The molecule has 0 saturated heterocycles. The van der Waals surface area contributed by atoms with E-state index in [1.165, 1.54) is 91.3 Å². The molecule has 0 N–H and O–H groups in total. The van der Waals surface area contributed by atoms with Gasteiger partial charge in [0.25, 0.3) is 0 Å². The summed E-state index contributed by atoms with van der Waals surface area (Å²) < 4.78 is 0. The standard InChI is InChI=1S/C32H35/c1-3-12-23(13-4-1)27-20-11-21-30(32(27)24-14-5-2-6-15-24)31-22-25-16-7-8-17-26(25)28-18-9-10-19-29(28)31/h7-10,16-24H,1-6,11-15H2. The van der Waals surface area contributed by atoms with Gasteiger partial charge in [-0.3, -0.25) is 0 Å². The fourth-order valence-electron chi connectivity index (χ4n) is 6.86. The Morgan fingerprint density at radius 2 is 1.22 bits per heavy atom. The van der Waals surface area contributed by atoms with Crippen LogP contribution < -0.4 is 0 Å². The highest BCUT2D eigenvalue weighted by Crippen LogP contribution is 2.48. The summed E-state index contributed by atoms with van der Waals surface area (Å²) in [4.78, 5) is 0. The maximum Gasteiger partial charge on any atom is -0.00459 e. The van der Waals surface area contributed by atoms with Gasteiger partial charge in [-0.15, -0.1) is 0 Å². The van der Waals surface area contributed by atoms with Crippen LogP contribution in [0.3, 0.4) is 0 Å². The van der Waals surface area contributed by atoms with Gasteiger partial charge in [0, 0.05) is 0 Å². The lowest BCUT2D eigenvalue weighted by atomic mass is 9.69. The fourth-order valence-corrected chi connectivity index (χ4v) is 6.86. The lowest BCUT2D eigenvalue weighted by Gasteiger charge is -2.36. The van der Waals surface area contributed by atoms with E-state index in [-0.39, 0.29) is 0 Å². The Balaban J connectivity index is 1.59. The van der Waals surface area contributed by atoms with Crippen molar-refractivity contribution in [2.75, 3.05) is 0 Å². The molecule has 0 atom stereocenters. The van der Waals surface area contributed by atoms with Crippen molar-refractivity contribution < 1.29 is 0 Å². The van der Waals surface area contributed by atoms with Gasteiger partial charge in [-0.25, -0.2) is 0 Å². The number of allylic oxidation sites excluding steroid dienone is 4. The molecule has 0 aromatic heterocycles. The molecule has 1 radical (unpaired) electrons. The smallest absolute Gasteiger partial charge is 0.00459 e. The van der Waals surface area contributed by atoms with Crippen LogP contribution in [0, 0.1) is 18.3 Å². The first kappa shape index (κ1) is 20.3. The first-order valence-electron chi connectivity index (χ1n) is 13.1. The van der Waals surface area contributed by atoms with Gasteiger partial charge in [0.05, 0.1) is 0 Å². The van der Waals surface area contributed by atoms with Gasteiger partial charge in [-0.1, -0.05) is 93.1 Å². The monoisotopic (exact) mass is 419 g/mol. The van der Waals surface area contributed by atoms with Crippen molar-refractivity contribution in [3.05, 3.63) is 83.8 Å². The van der Waals surface area contributed by atoms with Crippen molar-refractivity contribution >= 4 is 27.1 Å². The van der Waals surface area contributed by atoms with Gasteiger partial charge >= 0.3 is 0 Å². The molecule has 0 amide bonds. The first-order valence-corrected chi connectivity index (χ1v) is 13.1. The minimum absolute atomic E-state index is 0.744. The van der Waals surface area contributed by atoms with E-state index in [0.717, 1.165) is 18.3 Å². The van der Waals surface area contributed by atoms with E-state index in [0.29, 0.717) is 0 Å². The van der Waals surface area contributed by atoms with E-state index in [1.54, 1.807) is 16.7 Å². The molecule has 0 aliphatic heterocycles. The first-order chi connectivity index (χ1) is 15.9. The van der Waals surface area contributed by atoms with Crippen LogP contribution in [0.15, 0.2) is 71.8 Å². The third-order valence-corrected chi connectivity index (χ3v) is 8.38. The topological polar surface area (TPSA) is 0 Å². The summed E-state index contributed by atoms with van der Waals surface area (Å²) >= 11 is 0. The molecule has 3 aliphatic carbocycles. The van der Waals surface area contributed by atoms with Crippen molar-refractivity contribution in [2.45, 2.75) is 70.6 Å². The summed E-state index contributed by atoms with van der Waals surface area (Å²) in [6.45, 7) is 0. The number of benzene rings is 3. The molecule has 0 spiro atoms. The Hall–Kier alpha value is -2.34. The van der Waals surface area contributed by atoms with Crippen molar-refractivity contribution in [3.8, 4) is 0 Å². The largest absolute Gasteiger partial charge is 0.0801 e. The zero-order chi connectivity index (χ0) is 21.3. The average molecular weight is 420 g/mol. The molecule has 32 heavy (non-hydrogen) atoms. The van der Waals surface area contributed by atoms with Gasteiger partial charge in [0.1, 0.15) is 0 Å². The number of rotatable bonds is 3. The van der Waals surface area contributed by atoms with Gasteiger partial charge < -0.3 is 0 Å². The summed E-state index contributed by atoms with van der Waals surface area (Å²) in [6.07, 6.45) is 20.3. The second-order valence-electron chi connectivity index (χ2n) is 10.3. The van der Waals surface area contributed by atoms with Crippen LogP contribution in [0.25, 0.3) is 27.1 Å². The fraction of sp³-hybridized carbons (Fsp3) is 0.406. The van der Waals surface area contributed by atoms with E-state index in [9.17, 15) is 0 Å². The molecule has 2 saturated carbocycles. The van der Waals surface area contributed by atoms with Crippen LogP contribution in [0.1, 0.15) is 76.2 Å². The Morgan fingerprint density at radius 1 is 0.594 bits per heavy atom. The zero-order valence-electron chi connectivity index (χ0n) is 19.3. The summed E-state index contributed by atoms with van der Waals surface area (Å²) in [5.74, 6) is 1.53. The predicted molar refractivity (Wildman–Crippen MR) is 139 cm³/mol. The molecular formula is C32H35. The molecule has 6 rings (SSSR count). The Kier molecular flexibility index (Phi) is 5.63. The highest BCUT2D eigenvalue weighted by Gasteiger charge is 2.31. The SMILES string of the molecule is [CH]1CC=C(C2CCCCC2)C(C2CCCCC2)=C1c1cc2ccccc2c2ccccc12. The van der Waals surface area contributed by atoms with E-state index in [1.807, 2.05) is 0 Å². The van der Waals surface area contributed by atoms with E-state index in [2.05, 4.69) is 67.1 Å². The molecule has 3 aromatic carbocycles. The van der Waals surface area contributed by atoms with Crippen LogP contribution >= 0.6 is 0 Å². The van der Waals surface area contributed by atoms with E-state index < -0.39 is 0 Å². The summed E-state index contributed by atoms with van der Waals surface area (Å²) in [5, 5.41) is 5.58. The van der Waals surface area contributed by atoms with Gasteiger partial charge in [-0.2, -0.15) is 0 Å². The highest BCUT2D eigenvalue weighted by atomic mass is 14.4. The lowest BCUT2D eigenvalue weighted by Crippen LogP contribution is -2.21. The highest BCUT2D eigenvalue weighted by molar-refractivity contribution is 6.12. The maximum absolute atomic E-state index is 2.62. The second-order valence-corrected chi connectivity index (χ2v) is 10.3. The molecule has 0 unspecified atom stereocenters. The van der Waals surface area contributed by atoms with Crippen LogP contribution in [-0.4, -0.2) is 0 Å². The molecule has 2 fully saturated rings. The second kappa shape index (κ2) is 8.89. The molecule has 0 nitrogen and oxygen atoms in total. The number of hydrogen-bond acceptors (Lipinski definition) is 0. The summed E-state index contributed by atoms with van der Waals surface area (Å²) in [7, 11) is 0. The van der Waals surface area contributed by atoms with E-state index >= 15 is 0 Å². The molecule has 0 heteroatoms. The van der Waals surface area contributed by atoms with Crippen LogP contribution in [0.5, 0.6) is 0 Å². The van der Waals surface area contributed by atoms with Gasteiger partial charge in [-0.05, 0) is 100 Å². The van der Waals surface area contributed by atoms with Crippen LogP contribution in [0.2, 0.25) is 0 Å². The molecular weight excluding hydrogens is 384 g/mol. The number of fused-ring (bicyclic) bond motifs is 3. The van der Waals surface area contributed by atoms with Crippen molar-refractivity contribution in [3.63, 3.8) is 0 Å². The molecule has 3 aromatic rings. The molecule has 163 valence electrons. The minimum Gasteiger partial charge on any atom is -0.0801 e. The van der Waals surface area contributed by atoms with Crippen molar-refractivity contribution in [1.29, 1.82) is 0 Å². The Bertz CT molecular complexity index is 1180. The third kappa shape index (κ3) is 3.62. The quantitative estimate of drug-likeness (QED) is 0.371. The molecule has 0 bridgehead atoms. The van der Waals surface area contributed by atoms with Crippen LogP contribution in [0.4, 0.5) is 0 Å². The van der Waals surface area contributed by atoms with Gasteiger partial charge in [0.2, 0.25) is 0 Å². The molecule has 3 aliphatic rings. The van der Waals surface area contributed by atoms with Gasteiger partial charge in [0.15, 0.2) is 0 Å². The summed E-state index contributed by atoms with van der Waals surface area (Å²) in [6, 6.07) is 20.6.